The lowest BCUT2D eigenvalue weighted by Crippen LogP contribution is -2.54. The molecule has 0 bridgehead atoms. The zero-order valence-corrected chi connectivity index (χ0v) is 16.8. The van der Waals surface area contributed by atoms with Gasteiger partial charge in [0.25, 0.3) is 0 Å². The van der Waals surface area contributed by atoms with Crippen molar-refractivity contribution in [2.24, 2.45) is 11.8 Å². The summed E-state index contributed by atoms with van der Waals surface area (Å²) in [5, 5.41) is 2.58. The van der Waals surface area contributed by atoms with Crippen LogP contribution in [0.5, 0.6) is 0 Å². The van der Waals surface area contributed by atoms with E-state index >= 15 is 0 Å². The van der Waals surface area contributed by atoms with Crippen molar-refractivity contribution in [3.63, 3.8) is 0 Å². The summed E-state index contributed by atoms with van der Waals surface area (Å²) in [4.78, 5) is 43.5. The van der Waals surface area contributed by atoms with Crippen molar-refractivity contribution < 1.29 is 23.2 Å². The van der Waals surface area contributed by atoms with E-state index in [4.69, 9.17) is 11.6 Å². The van der Waals surface area contributed by atoms with Gasteiger partial charge in [0.1, 0.15) is 17.2 Å². The van der Waals surface area contributed by atoms with Gasteiger partial charge in [-0.05, 0) is 55.8 Å². The fraction of sp³-hybridized carbons (Fsp3) is 0.318. The molecule has 1 N–H and O–H groups in total. The number of imide groups is 1. The molecule has 4 aliphatic heterocycles. The normalized spacial score (nSPS) is 31.4. The van der Waals surface area contributed by atoms with E-state index in [0.29, 0.717) is 24.2 Å². The van der Waals surface area contributed by atoms with Crippen LogP contribution < -0.4 is 10.2 Å². The summed E-state index contributed by atoms with van der Waals surface area (Å²) in [6.45, 7) is 0.532. The molecule has 0 aromatic heterocycles. The molecule has 2 aromatic carbocycles. The molecule has 3 amide bonds. The summed E-state index contributed by atoms with van der Waals surface area (Å²) in [5.74, 6) is -4.36. The Labute approximate surface area is 180 Å². The van der Waals surface area contributed by atoms with Gasteiger partial charge in [0.2, 0.25) is 17.7 Å². The molecule has 4 atom stereocenters. The Balaban J connectivity index is 1.56. The first kappa shape index (κ1) is 18.9. The second-order valence-corrected chi connectivity index (χ2v) is 8.83. The number of halogens is 3. The predicted octanol–water partition coefficient (Wildman–Crippen LogP) is 3.05. The van der Waals surface area contributed by atoms with E-state index < -0.39 is 46.7 Å². The molecule has 31 heavy (non-hydrogen) atoms. The first-order valence-corrected chi connectivity index (χ1v) is 10.4. The Morgan fingerprint density at radius 3 is 2.65 bits per heavy atom. The van der Waals surface area contributed by atoms with Gasteiger partial charge in [-0.1, -0.05) is 11.6 Å². The first-order valence-electron chi connectivity index (χ1n) is 10.1. The summed E-state index contributed by atoms with van der Waals surface area (Å²) in [6.07, 6.45) is 1.41. The molecule has 0 unspecified atom stereocenters. The summed E-state index contributed by atoms with van der Waals surface area (Å²) >= 11 is 5.89. The molecule has 2 aromatic rings. The third-order valence-electron chi connectivity index (χ3n) is 7.12. The second-order valence-electron chi connectivity index (χ2n) is 8.43. The average Bonchev–Trinajstić information content (AvgIpc) is 3.43. The number of hydrogen-bond donors (Lipinski definition) is 1. The number of carbonyl (C=O) groups excluding carboxylic acids is 3. The zero-order chi connectivity index (χ0) is 21.7. The summed E-state index contributed by atoms with van der Waals surface area (Å²) < 4.78 is 27.9. The molecule has 0 saturated carbocycles. The second kappa shape index (κ2) is 6.11. The van der Waals surface area contributed by atoms with Crippen LogP contribution in [-0.2, 0) is 19.9 Å². The maximum atomic E-state index is 14.2. The SMILES string of the molecule is O=C1[C@@H]2[C@@H]3CCCN3[C@@]3(C(=O)Nc4ccc(F)cc43)[C@H]2C(=O)N1c1ccc(F)c(Cl)c1. The van der Waals surface area contributed by atoms with Crippen LogP contribution in [0.1, 0.15) is 18.4 Å². The number of hydrogen-bond acceptors (Lipinski definition) is 4. The Morgan fingerprint density at radius 1 is 1.06 bits per heavy atom. The Kier molecular flexibility index (Phi) is 3.72. The maximum Gasteiger partial charge on any atom is 0.250 e. The van der Waals surface area contributed by atoms with Gasteiger partial charge in [0, 0.05) is 17.3 Å². The molecule has 3 saturated heterocycles. The highest BCUT2D eigenvalue weighted by Crippen LogP contribution is 2.60. The lowest BCUT2D eigenvalue weighted by molar-refractivity contribution is -0.135. The van der Waals surface area contributed by atoms with Gasteiger partial charge in [-0.2, -0.15) is 0 Å². The maximum absolute atomic E-state index is 14.2. The van der Waals surface area contributed by atoms with Gasteiger partial charge in [0.15, 0.2) is 0 Å². The molecule has 6 rings (SSSR count). The highest BCUT2D eigenvalue weighted by Gasteiger charge is 2.74. The van der Waals surface area contributed by atoms with Crippen molar-refractivity contribution in [2.75, 3.05) is 16.8 Å². The predicted molar refractivity (Wildman–Crippen MR) is 107 cm³/mol. The largest absolute Gasteiger partial charge is 0.324 e. The fourth-order valence-corrected chi connectivity index (χ4v) is 6.23. The monoisotopic (exact) mass is 443 g/mol. The number of nitrogens with one attached hydrogen (secondary N) is 1. The Bertz CT molecular complexity index is 1200. The van der Waals surface area contributed by atoms with Crippen LogP contribution in [0.4, 0.5) is 20.2 Å². The molecule has 158 valence electrons. The van der Waals surface area contributed by atoms with Crippen molar-refractivity contribution in [1.82, 2.24) is 4.90 Å². The molecule has 9 heteroatoms. The Morgan fingerprint density at radius 2 is 1.87 bits per heavy atom. The van der Waals surface area contributed by atoms with Crippen LogP contribution in [0.3, 0.4) is 0 Å². The van der Waals surface area contributed by atoms with Crippen molar-refractivity contribution >= 4 is 40.7 Å². The van der Waals surface area contributed by atoms with Gasteiger partial charge in [-0.15, -0.1) is 0 Å². The van der Waals surface area contributed by atoms with Crippen molar-refractivity contribution in [1.29, 1.82) is 0 Å². The van der Waals surface area contributed by atoms with Crippen molar-refractivity contribution in [3.8, 4) is 0 Å². The number of amides is 3. The van der Waals surface area contributed by atoms with Gasteiger partial charge < -0.3 is 5.32 Å². The van der Waals surface area contributed by atoms with Crippen molar-refractivity contribution in [3.05, 3.63) is 58.6 Å². The van der Waals surface area contributed by atoms with Crippen LogP contribution in [-0.4, -0.2) is 35.2 Å². The quantitative estimate of drug-likeness (QED) is 0.688. The van der Waals surface area contributed by atoms with E-state index in [0.717, 1.165) is 17.4 Å². The topological polar surface area (TPSA) is 69.7 Å². The smallest absolute Gasteiger partial charge is 0.250 e. The lowest BCUT2D eigenvalue weighted by Gasteiger charge is -2.36. The molecule has 4 aliphatic rings. The number of benzene rings is 2. The van der Waals surface area contributed by atoms with Crippen LogP contribution in [0.25, 0.3) is 0 Å². The number of rotatable bonds is 1. The van der Waals surface area contributed by atoms with E-state index in [1.54, 1.807) is 0 Å². The van der Waals surface area contributed by atoms with Crippen LogP contribution in [0, 0.1) is 23.5 Å². The number of fused-ring (bicyclic) bond motifs is 7. The van der Waals surface area contributed by atoms with E-state index in [2.05, 4.69) is 5.32 Å². The van der Waals surface area contributed by atoms with Crippen LogP contribution in [0.2, 0.25) is 5.02 Å². The molecule has 0 aliphatic carbocycles. The van der Waals surface area contributed by atoms with Crippen LogP contribution >= 0.6 is 11.6 Å². The summed E-state index contributed by atoms with van der Waals surface area (Å²) in [7, 11) is 0. The third kappa shape index (κ3) is 2.16. The minimum absolute atomic E-state index is 0.161. The van der Waals surface area contributed by atoms with E-state index in [1.807, 2.05) is 4.90 Å². The number of anilines is 2. The molecule has 1 spiro atoms. The molecular formula is C22H16ClF2N3O3. The zero-order valence-electron chi connectivity index (χ0n) is 16.1. The highest BCUT2D eigenvalue weighted by molar-refractivity contribution is 6.32. The number of carbonyl (C=O) groups is 3. The average molecular weight is 444 g/mol. The van der Waals surface area contributed by atoms with E-state index in [1.165, 1.54) is 30.3 Å². The number of nitrogens with zero attached hydrogens (tertiary/aromatic N) is 2. The molecule has 0 radical (unpaired) electrons. The minimum atomic E-state index is -1.45. The molecule has 4 heterocycles. The lowest BCUT2D eigenvalue weighted by atomic mass is 9.75. The van der Waals surface area contributed by atoms with Crippen molar-refractivity contribution in [2.45, 2.75) is 24.4 Å². The third-order valence-corrected chi connectivity index (χ3v) is 7.41. The summed E-state index contributed by atoms with van der Waals surface area (Å²) in [5.41, 5.74) is -0.458. The van der Waals surface area contributed by atoms with E-state index in [9.17, 15) is 23.2 Å². The highest BCUT2D eigenvalue weighted by atomic mass is 35.5. The fourth-order valence-electron chi connectivity index (χ4n) is 6.05. The van der Waals surface area contributed by atoms with E-state index in [-0.39, 0.29) is 16.8 Å². The standard InChI is InChI=1S/C22H16ClF2N3O3/c23-13-9-11(4-5-14(13)25)28-19(29)17-16-2-1-7-27(16)22(18(17)20(28)30)12-8-10(24)3-6-15(12)26-21(22)31/h3-6,8-9,16-18H,1-2,7H2,(H,26,31)/t16-,17+,18+,22+/m0/s1. The van der Waals surface area contributed by atoms with Gasteiger partial charge >= 0.3 is 0 Å². The molecule has 6 nitrogen and oxygen atoms in total. The Hall–Kier alpha value is -2.84. The van der Waals surface area contributed by atoms with Gasteiger partial charge in [-0.3, -0.25) is 19.3 Å². The van der Waals surface area contributed by atoms with Gasteiger partial charge in [0.05, 0.1) is 22.5 Å². The molecular weight excluding hydrogens is 428 g/mol. The molecule has 3 fully saturated rings. The van der Waals surface area contributed by atoms with Crippen LogP contribution in [0.15, 0.2) is 36.4 Å². The minimum Gasteiger partial charge on any atom is -0.324 e. The van der Waals surface area contributed by atoms with Gasteiger partial charge in [-0.25, -0.2) is 13.7 Å². The summed E-state index contributed by atoms with van der Waals surface area (Å²) in [6, 6.07) is 7.34. The first-order chi connectivity index (χ1) is 14.9.